The summed E-state index contributed by atoms with van der Waals surface area (Å²) in [5.74, 6) is 0. The average molecular weight is 246 g/mol. The molecule has 0 aromatic carbocycles. The van der Waals surface area contributed by atoms with E-state index in [-0.39, 0.29) is 0 Å². The van der Waals surface area contributed by atoms with E-state index < -0.39 is 0 Å². The van der Waals surface area contributed by atoms with Crippen LogP contribution in [0.4, 0.5) is 11.4 Å². The number of carbonyl (C=O) groups is 1. The number of hydrogen-bond donors (Lipinski definition) is 2. The molecular formula is C13H18N4O. The Morgan fingerprint density at radius 2 is 2.39 bits per heavy atom. The molecule has 5 heteroatoms. The topological polar surface area (TPSA) is 61.0 Å². The fourth-order valence-electron chi connectivity index (χ4n) is 2.04. The highest BCUT2D eigenvalue weighted by Crippen LogP contribution is 2.33. The molecule has 5 nitrogen and oxygen atoms in total. The maximum Gasteiger partial charge on any atom is 0.211 e. The van der Waals surface area contributed by atoms with Gasteiger partial charge in [-0.25, -0.2) is 4.98 Å². The van der Waals surface area contributed by atoms with Crippen molar-refractivity contribution in [2.75, 3.05) is 17.3 Å². The lowest BCUT2D eigenvalue weighted by Gasteiger charge is -2.28. The van der Waals surface area contributed by atoms with Gasteiger partial charge >= 0.3 is 0 Å². The molecule has 2 rings (SSSR count). The average Bonchev–Trinajstić information content (AvgIpc) is 2.85. The Kier molecular flexibility index (Phi) is 3.50. The predicted molar refractivity (Wildman–Crippen MR) is 73.9 cm³/mol. The molecule has 0 radical (unpaired) electrons. The minimum atomic E-state index is 0.387. The van der Waals surface area contributed by atoms with Gasteiger partial charge in [0.2, 0.25) is 6.41 Å². The third-order valence-corrected chi connectivity index (χ3v) is 3.38. The molecule has 0 saturated heterocycles. The van der Waals surface area contributed by atoms with Gasteiger partial charge in [-0.15, -0.1) is 0 Å². The van der Waals surface area contributed by atoms with Gasteiger partial charge in [0.05, 0.1) is 17.6 Å². The summed E-state index contributed by atoms with van der Waals surface area (Å²) in [5.41, 5.74) is 2.57. The lowest BCUT2D eigenvalue weighted by Crippen LogP contribution is -2.29. The number of aromatic nitrogens is 2. The van der Waals surface area contributed by atoms with Crippen LogP contribution in [0.25, 0.3) is 11.0 Å². The first kappa shape index (κ1) is 12.4. The monoisotopic (exact) mass is 246 g/mol. The van der Waals surface area contributed by atoms with E-state index >= 15 is 0 Å². The van der Waals surface area contributed by atoms with Crippen LogP contribution in [-0.4, -0.2) is 29.5 Å². The van der Waals surface area contributed by atoms with Crippen molar-refractivity contribution >= 4 is 28.8 Å². The number of fused-ring (bicyclic) bond motifs is 1. The summed E-state index contributed by atoms with van der Waals surface area (Å²) < 4.78 is 0. The Morgan fingerprint density at radius 1 is 1.61 bits per heavy atom. The Bertz CT molecular complexity index is 549. The van der Waals surface area contributed by atoms with Crippen LogP contribution in [0, 0.1) is 0 Å². The van der Waals surface area contributed by atoms with Crippen molar-refractivity contribution in [3.63, 3.8) is 0 Å². The van der Waals surface area contributed by atoms with Crippen molar-refractivity contribution in [3.05, 3.63) is 18.5 Å². The molecule has 0 fully saturated rings. The lowest BCUT2D eigenvalue weighted by atomic mass is 10.1. The van der Waals surface area contributed by atoms with Crippen LogP contribution in [-0.2, 0) is 4.79 Å². The number of amides is 1. The van der Waals surface area contributed by atoms with Gasteiger partial charge in [0, 0.05) is 24.7 Å². The van der Waals surface area contributed by atoms with E-state index in [4.69, 9.17) is 0 Å². The molecule has 0 spiro atoms. The van der Waals surface area contributed by atoms with Gasteiger partial charge in [-0.2, -0.15) is 0 Å². The van der Waals surface area contributed by atoms with E-state index in [1.807, 2.05) is 19.3 Å². The maximum atomic E-state index is 10.7. The highest BCUT2D eigenvalue weighted by molar-refractivity contribution is 5.99. The molecule has 0 aliphatic carbocycles. The van der Waals surface area contributed by atoms with Crippen LogP contribution in [0.3, 0.4) is 0 Å². The first-order chi connectivity index (χ1) is 8.69. The van der Waals surface area contributed by atoms with E-state index in [9.17, 15) is 4.79 Å². The Balaban J connectivity index is 2.58. The zero-order chi connectivity index (χ0) is 13.1. The standard InChI is InChI=1S/C13H18N4O/c1-4-9(2)17(3)12-10-5-6-14-13(10)15-7-11(12)16-8-18/h5-9H,4H2,1-3H3,(H,14,15)(H,16,18). The first-order valence-corrected chi connectivity index (χ1v) is 6.08. The number of nitrogens with one attached hydrogen (secondary N) is 2. The zero-order valence-corrected chi connectivity index (χ0v) is 10.9. The second-order valence-corrected chi connectivity index (χ2v) is 4.39. The highest BCUT2D eigenvalue weighted by atomic mass is 16.1. The van der Waals surface area contributed by atoms with Gasteiger partial charge in [0.15, 0.2) is 0 Å². The van der Waals surface area contributed by atoms with Gasteiger partial charge in [-0.1, -0.05) is 6.92 Å². The molecule has 1 atom stereocenters. The SMILES string of the molecule is CCC(C)N(C)c1c(NC=O)cnc2[nH]ccc12. The number of pyridine rings is 1. The third kappa shape index (κ3) is 2.03. The molecule has 0 aliphatic heterocycles. The van der Waals surface area contributed by atoms with Crippen LogP contribution >= 0.6 is 0 Å². The minimum Gasteiger partial charge on any atom is -0.370 e. The second kappa shape index (κ2) is 5.08. The van der Waals surface area contributed by atoms with Crippen molar-refractivity contribution in [1.29, 1.82) is 0 Å². The molecule has 0 bridgehead atoms. The molecule has 2 N–H and O–H groups in total. The minimum absolute atomic E-state index is 0.387. The molecule has 2 aromatic rings. The van der Waals surface area contributed by atoms with Gasteiger partial charge in [0.1, 0.15) is 5.65 Å². The van der Waals surface area contributed by atoms with E-state index in [1.54, 1.807) is 6.20 Å². The van der Waals surface area contributed by atoms with E-state index in [2.05, 4.69) is 34.0 Å². The Hall–Kier alpha value is -2.04. The number of aromatic amines is 1. The number of rotatable bonds is 5. The molecular weight excluding hydrogens is 228 g/mol. The van der Waals surface area contributed by atoms with E-state index in [1.165, 1.54) is 0 Å². The molecule has 18 heavy (non-hydrogen) atoms. The summed E-state index contributed by atoms with van der Waals surface area (Å²) in [5, 5.41) is 3.74. The van der Waals surface area contributed by atoms with Gasteiger partial charge in [-0.05, 0) is 19.4 Å². The van der Waals surface area contributed by atoms with Gasteiger partial charge in [0.25, 0.3) is 0 Å². The molecule has 1 amide bonds. The summed E-state index contributed by atoms with van der Waals surface area (Å²) in [6, 6.07) is 2.37. The number of anilines is 2. The first-order valence-electron chi connectivity index (χ1n) is 6.08. The normalized spacial score (nSPS) is 12.4. The Morgan fingerprint density at radius 3 is 3.06 bits per heavy atom. The summed E-state index contributed by atoms with van der Waals surface area (Å²) in [6.07, 6.45) is 5.26. The Labute approximate surface area is 106 Å². The number of hydrogen-bond acceptors (Lipinski definition) is 3. The third-order valence-electron chi connectivity index (χ3n) is 3.38. The molecule has 0 saturated carbocycles. The summed E-state index contributed by atoms with van der Waals surface area (Å²) in [4.78, 5) is 20.2. The highest BCUT2D eigenvalue weighted by Gasteiger charge is 2.16. The van der Waals surface area contributed by atoms with Crippen molar-refractivity contribution in [2.45, 2.75) is 26.3 Å². The van der Waals surface area contributed by atoms with Gasteiger partial charge in [-0.3, -0.25) is 4.79 Å². The van der Waals surface area contributed by atoms with Crippen molar-refractivity contribution < 1.29 is 4.79 Å². The van der Waals surface area contributed by atoms with Gasteiger partial charge < -0.3 is 15.2 Å². The quantitative estimate of drug-likeness (QED) is 0.796. The number of carbonyl (C=O) groups excluding carboxylic acids is 1. The number of nitrogens with zero attached hydrogens (tertiary/aromatic N) is 2. The van der Waals surface area contributed by atoms with E-state index in [0.29, 0.717) is 12.5 Å². The van der Waals surface area contributed by atoms with Crippen LogP contribution in [0.2, 0.25) is 0 Å². The second-order valence-electron chi connectivity index (χ2n) is 4.39. The molecule has 0 aliphatic rings. The summed E-state index contributed by atoms with van der Waals surface area (Å²) >= 11 is 0. The zero-order valence-electron chi connectivity index (χ0n) is 10.9. The molecule has 2 aromatic heterocycles. The molecule has 1 unspecified atom stereocenters. The van der Waals surface area contributed by atoms with Crippen molar-refractivity contribution in [3.8, 4) is 0 Å². The van der Waals surface area contributed by atoms with E-state index in [0.717, 1.165) is 28.8 Å². The smallest absolute Gasteiger partial charge is 0.211 e. The van der Waals surface area contributed by atoms with Crippen LogP contribution in [0.1, 0.15) is 20.3 Å². The van der Waals surface area contributed by atoms with Crippen molar-refractivity contribution in [2.24, 2.45) is 0 Å². The number of H-pyrrole nitrogens is 1. The fraction of sp³-hybridized carbons (Fsp3) is 0.385. The van der Waals surface area contributed by atoms with Crippen LogP contribution in [0.15, 0.2) is 18.5 Å². The van der Waals surface area contributed by atoms with Crippen LogP contribution in [0.5, 0.6) is 0 Å². The van der Waals surface area contributed by atoms with Crippen LogP contribution < -0.4 is 10.2 Å². The maximum absolute atomic E-state index is 10.7. The summed E-state index contributed by atoms with van der Waals surface area (Å²) in [7, 11) is 2.03. The fourth-order valence-corrected chi connectivity index (χ4v) is 2.04. The lowest BCUT2D eigenvalue weighted by molar-refractivity contribution is -0.105. The summed E-state index contributed by atoms with van der Waals surface area (Å²) in [6.45, 7) is 4.30. The molecule has 2 heterocycles. The molecule has 96 valence electrons. The van der Waals surface area contributed by atoms with Crippen molar-refractivity contribution in [1.82, 2.24) is 9.97 Å². The predicted octanol–water partition coefficient (Wildman–Crippen LogP) is 2.37. The largest absolute Gasteiger partial charge is 0.370 e.